The predicted molar refractivity (Wildman–Crippen MR) is 141 cm³/mol. The number of nitrogens with one attached hydrogen (secondary N) is 1. The highest BCUT2D eigenvalue weighted by Crippen LogP contribution is 2.33. The molecule has 4 aromatic rings. The molecule has 0 unspecified atom stereocenters. The van der Waals surface area contributed by atoms with Gasteiger partial charge in [0.2, 0.25) is 11.7 Å². The van der Waals surface area contributed by atoms with Gasteiger partial charge in [0.1, 0.15) is 11.6 Å². The summed E-state index contributed by atoms with van der Waals surface area (Å²) in [5.74, 6) is 0.804. The third-order valence-electron chi connectivity index (χ3n) is 7.65. The lowest BCUT2D eigenvalue weighted by Gasteiger charge is -2.39. The van der Waals surface area contributed by atoms with Crippen molar-refractivity contribution < 1.29 is 13.9 Å². The average molecular weight is 514 g/mol. The highest BCUT2D eigenvalue weighted by Gasteiger charge is 2.32. The fourth-order valence-electron chi connectivity index (χ4n) is 5.35. The van der Waals surface area contributed by atoms with Gasteiger partial charge in [-0.05, 0) is 37.1 Å². The number of imidazole rings is 1. The summed E-state index contributed by atoms with van der Waals surface area (Å²) in [6, 6.07) is 11.1. The first-order valence-electron chi connectivity index (χ1n) is 12.8. The van der Waals surface area contributed by atoms with Crippen molar-refractivity contribution in [2.75, 3.05) is 49.6 Å². The fraction of sp³-hybridized carbons (Fsp3) is 0.357. The fourth-order valence-corrected chi connectivity index (χ4v) is 5.35. The van der Waals surface area contributed by atoms with Crippen LogP contribution in [-0.2, 0) is 9.53 Å². The van der Waals surface area contributed by atoms with E-state index in [0.29, 0.717) is 67.8 Å². The lowest BCUT2D eigenvalue weighted by molar-refractivity contribution is -0.150. The Balaban J connectivity index is 1.34. The van der Waals surface area contributed by atoms with E-state index < -0.39 is 0 Å². The summed E-state index contributed by atoms with van der Waals surface area (Å²) in [7, 11) is 0. The second-order valence-electron chi connectivity index (χ2n) is 9.92. The number of amides is 1. The van der Waals surface area contributed by atoms with Gasteiger partial charge in [0.25, 0.3) is 0 Å². The molecule has 10 heteroatoms. The number of anilines is 2. The molecule has 9 nitrogen and oxygen atoms in total. The molecule has 0 radical (unpaired) electrons. The van der Waals surface area contributed by atoms with Crippen LogP contribution in [0, 0.1) is 30.0 Å². The van der Waals surface area contributed by atoms with Crippen molar-refractivity contribution in [3.63, 3.8) is 0 Å². The number of nitriles is 1. The topological polar surface area (TPSA) is 98.8 Å². The van der Waals surface area contributed by atoms with E-state index in [4.69, 9.17) is 9.72 Å². The van der Waals surface area contributed by atoms with E-state index >= 15 is 4.39 Å². The molecule has 4 heterocycles. The zero-order chi connectivity index (χ0) is 26.4. The van der Waals surface area contributed by atoms with Crippen molar-refractivity contribution in [1.29, 1.82) is 5.26 Å². The molecule has 0 aliphatic carbocycles. The van der Waals surface area contributed by atoms with E-state index in [1.807, 2.05) is 41.8 Å². The molecule has 1 atom stereocenters. The van der Waals surface area contributed by atoms with E-state index in [1.165, 1.54) is 6.07 Å². The maximum atomic E-state index is 15.5. The molecule has 1 amide bonds. The van der Waals surface area contributed by atoms with E-state index in [0.717, 1.165) is 16.5 Å². The monoisotopic (exact) mass is 513 g/mol. The largest absolute Gasteiger partial charge is 0.380 e. The molecule has 6 rings (SSSR count). The van der Waals surface area contributed by atoms with Crippen LogP contribution in [0.25, 0.3) is 16.7 Å². The lowest BCUT2D eigenvalue weighted by Crippen LogP contribution is -2.53. The van der Waals surface area contributed by atoms with Gasteiger partial charge in [-0.2, -0.15) is 10.2 Å². The number of carbonyl (C=O) groups excluding carboxylic acids is 1. The molecule has 2 fully saturated rings. The minimum Gasteiger partial charge on any atom is -0.380 e. The minimum atomic E-state index is -0.331. The Labute approximate surface area is 219 Å². The van der Waals surface area contributed by atoms with Crippen LogP contribution < -0.4 is 10.2 Å². The zero-order valence-corrected chi connectivity index (χ0v) is 21.3. The van der Waals surface area contributed by atoms with E-state index in [2.05, 4.69) is 16.4 Å². The van der Waals surface area contributed by atoms with Crippen molar-refractivity contribution in [2.24, 2.45) is 5.92 Å². The first-order chi connectivity index (χ1) is 18.4. The summed E-state index contributed by atoms with van der Waals surface area (Å²) < 4.78 is 22.5. The van der Waals surface area contributed by atoms with Crippen LogP contribution in [0.2, 0.25) is 0 Å². The third kappa shape index (κ3) is 4.09. The number of fused-ring (bicyclic) bond motifs is 3. The van der Waals surface area contributed by atoms with Crippen LogP contribution in [0.15, 0.2) is 42.7 Å². The number of ether oxygens (including phenoxy) is 1. The van der Waals surface area contributed by atoms with Gasteiger partial charge in [0.15, 0.2) is 0 Å². The van der Waals surface area contributed by atoms with Crippen molar-refractivity contribution >= 4 is 34.1 Å². The normalized spacial score (nSPS) is 16.9. The third-order valence-corrected chi connectivity index (χ3v) is 7.65. The molecule has 0 spiro atoms. The standard InChI is InChI=1S/C28H28FN7O2/c1-17-19(14-30)4-3-5-21(17)18(2)32-26-22-12-25(23(29)13-24(22)36-7-6-31-28(36)33-26)34-8-10-35(11-9-34)27(37)20-15-38-16-20/h3-7,12-13,18,20H,8-11,15-16H2,1-2H3,(H,31,32,33)/t18-/m1/s1. The van der Waals surface area contributed by atoms with E-state index in [1.54, 1.807) is 22.9 Å². The second-order valence-corrected chi connectivity index (χ2v) is 9.92. The Morgan fingerprint density at radius 3 is 2.74 bits per heavy atom. The number of rotatable bonds is 5. The second kappa shape index (κ2) is 9.58. The smallest absolute Gasteiger partial charge is 0.236 e. The molecule has 2 aromatic carbocycles. The Kier molecular flexibility index (Phi) is 6.08. The van der Waals surface area contributed by atoms with Crippen molar-refractivity contribution in [3.8, 4) is 6.07 Å². The van der Waals surface area contributed by atoms with Gasteiger partial charge < -0.3 is 19.9 Å². The summed E-state index contributed by atoms with van der Waals surface area (Å²) in [5.41, 5.74) is 3.67. The summed E-state index contributed by atoms with van der Waals surface area (Å²) in [5, 5.41) is 13.7. The van der Waals surface area contributed by atoms with Gasteiger partial charge in [0, 0.05) is 50.0 Å². The van der Waals surface area contributed by atoms with Gasteiger partial charge in [-0.25, -0.2) is 9.37 Å². The van der Waals surface area contributed by atoms with Crippen LogP contribution in [-0.4, -0.2) is 64.6 Å². The number of hydrogen-bond acceptors (Lipinski definition) is 7. The van der Waals surface area contributed by atoms with Crippen LogP contribution in [0.1, 0.15) is 29.7 Å². The summed E-state index contributed by atoms with van der Waals surface area (Å²) in [6.07, 6.45) is 3.41. The Morgan fingerprint density at radius 1 is 1.24 bits per heavy atom. The Morgan fingerprint density at radius 2 is 2.03 bits per heavy atom. The number of benzene rings is 2. The Bertz CT molecular complexity index is 1580. The molecule has 38 heavy (non-hydrogen) atoms. The van der Waals surface area contributed by atoms with Gasteiger partial charge in [-0.1, -0.05) is 12.1 Å². The SMILES string of the molecule is Cc1c(C#N)cccc1[C@@H](C)Nc1nc2nccn2c2cc(F)c(N3CCN(C(=O)C4COC4)CC3)cc12. The highest BCUT2D eigenvalue weighted by atomic mass is 19.1. The van der Waals surface area contributed by atoms with E-state index in [-0.39, 0.29) is 23.7 Å². The number of piperazine rings is 1. The van der Waals surface area contributed by atoms with Crippen LogP contribution in [0.3, 0.4) is 0 Å². The number of hydrogen-bond donors (Lipinski definition) is 1. The molecule has 2 aliphatic rings. The van der Waals surface area contributed by atoms with Crippen LogP contribution >= 0.6 is 0 Å². The minimum absolute atomic E-state index is 0.0456. The maximum absolute atomic E-state index is 15.5. The molecule has 1 N–H and O–H groups in total. The zero-order valence-electron chi connectivity index (χ0n) is 21.3. The highest BCUT2D eigenvalue weighted by molar-refractivity contribution is 5.94. The van der Waals surface area contributed by atoms with E-state index in [9.17, 15) is 10.1 Å². The molecular formula is C28H28FN7O2. The molecule has 0 saturated carbocycles. The molecule has 2 aromatic heterocycles. The molecule has 194 valence electrons. The lowest BCUT2D eigenvalue weighted by atomic mass is 9.98. The predicted octanol–water partition coefficient (Wildman–Crippen LogP) is 3.67. The van der Waals surface area contributed by atoms with Crippen LogP contribution in [0.5, 0.6) is 0 Å². The van der Waals surface area contributed by atoms with Crippen molar-refractivity contribution in [1.82, 2.24) is 19.3 Å². The van der Waals surface area contributed by atoms with Gasteiger partial charge in [-0.3, -0.25) is 9.20 Å². The number of halogens is 1. The summed E-state index contributed by atoms with van der Waals surface area (Å²) in [6.45, 7) is 7.10. The molecule has 2 aliphatic heterocycles. The summed E-state index contributed by atoms with van der Waals surface area (Å²) >= 11 is 0. The number of nitrogens with zero attached hydrogens (tertiary/aromatic N) is 6. The molecular weight excluding hydrogens is 485 g/mol. The van der Waals surface area contributed by atoms with Gasteiger partial charge >= 0.3 is 0 Å². The average Bonchev–Trinajstić information content (AvgIpc) is 3.36. The quantitative estimate of drug-likeness (QED) is 0.435. The maximum Gasteiger partial charge on any atom is 0.236 e. The first kappa shape index (κ1) is 24.1. The number of aromatic nitrogens is 3. The summed E-state index contributed by atoms with van der Waals surface area (Å²) in [4.78, 5) is 25.5. The first-order valence-corrected chi connectivity index (χ1v) is 12.8. The molecule has 2 saturated heterocycles. The van der Waals surface area contributed by atoms with Gasteiger partial charge in [0.05, 0.1) is 48.0 Å². The van der Waals surface area contributed by atoms with Crippen LogP contribution in [0.4, 0.5) is 15.9 Å². The van der Waals surface area contributed by atoms with Crippen molar-refractivity contribution in [3.05, 3.63) is 65.2 Å². The molecule has 0 bridgehead atoms. The van der Waals surface area contributed by atoms with Crippen molar-refractivity contribution in [2.45, 2.75) is 19.9 Å². The Hall–Kier alpha value is -4.23. The van der Waals surface area contributed by atoms with Gasteiger partial charge in [-0.15, -0.1) is 0 Å². The number of carbonyl (C=O) groups is 1.